The molecule has 0 saturated heterocycles. The fraction of sp³-hybridized carbons (Fsp3) is 0.500. The van der Waals surface area contributed by atoms with Gasteiger partial charge in [0, 0.05) is 11.6 Å². The van der Waals surface area contributed by atoms with Gasteiger partial charge in [-0.1, -0.05) is 44.1 Å². The average molecular weight is 314 g/mol. The van der Waals surface area contributed by atoms with Crippen molar-refractivity contribution in [1.29, 1.82) is 0 Å². The number of nitrogens with two attached hydrogens (primary N) is 1. The number of sulfonamides is 1. The van der Waals surface area contributed by atoms with Gasteiger partial charge < -0.3 is 5.73 Å². The number of benzene rings is 1. The molecule has 0 aliphatic carbocycles. The topological polar surface area (TPSA) is 72.2 Å². The van der Waals surface area contributed by atoms with Gasteiger partial charge in [0.1, 0.15) is 4.99 Å². The molecule has 1 aromatic rings. The Labute approximate surface area is 126 Å². The first-order valence-electron chi connectivity index (χ1n) is 6.70. The Morgan fingerprint density at radius 3 is 2.65 bits per heavy atom. The molecule has 1 atom stereocenters. The summed E-state index contributed by atoms with van der Waals surface area (Å²) in [6, 6.07) is 4.90. The van der Waals surface area contributed by atoms with E-state index in [0.29, 0.717) is 11.1 Å². The molecular formula is C14H22N2O2S2. The molecule has 0 aromatic heterocycles. The molecule has 0 bridgehead atoms. The van der Waals surface area contributed by atoms with Crippen LogP contribution in [0.5, 0.6) is 0 Å². The Balaban J connectivity index is 3.03. The molecule has 1 aromatic carbocycles. The minimum absolute atomic E-state index is 0.0900. The lowest BCUT2D eigenvalue weighted by Crippen LogP contribution is -2.33. The number of rotatable bonds is 7. The number of thiocarbonyl (C=S) groups is 1. The highest BCUT2D eigenvalue weighted by atomic mass is 32.2. The first-order chi connectivity index (χ1) is 9.27. The summed E-state index contributed by atoms with van der Waals surface area (Å²) < 4.78 is 27.5. The second kappa shape index (κ2) is 7.15. The van der Waals surface area contributed by atoms with E-state index in [9.17, 15) is 8.42 Å². The summed E-state index contributed by atoms with van der Waals surface area (Å²) in [4.78, 5) is 0.437. The molecule has 0 heterocycles. The molecule has 0 aliphatic rings. The van der Waals surface area contributed by atoms with Crippen molar-refractivity contribution in [3.8, 4) is 0 Å². The molecule has 3 N–H and O–H groups in total. The van der Waals surface area contributed by atoms with E-state index in [0.717, 1.165) is 19.3 Å². The van der Waals surface area contributed by atoms with E-state index >= 15 is 0 Å². The molecule has 0 amide bonds. The maximum absolute atomic E-state index is 12.4. The SMILES string of the molecule is CCCCC(C)NS(=O)(=O)c1cc(C(N)=S)ccc1C. The number of nitrogens with one attached hydrogen (secondary N) is 1. The summed E-state index contributed by atoms with van der Waals surface area (Å²) in [6.45, 7) is 5.71. The molecule has 0 fully saturated rings. The maximum atomic E-state index is 12.4. The number of hydrogen-bond acceptors (Lipinski definition) is 3. The number of hydrogen-bond donors (Lipinski definition) is 2. The third kappa shape index (κ3) is 4.54. The average Bonchev–Trinajstić information content (AvgIpc) is 2.35. The summed E-state index contributed by atoms with van der Waals surface area (Å²) in [5.41, 5.74) is 6.80. The van der Waals surface area contributed by atoms with Crippen molar-refractivity contribution in [3.05, 3.63) is 29.3 Å². The van der Waals surface area contributed by atoms with E-state index in [-0.39, 0.29) is 15.9 Å². The zero-order chi connectivity index (χ0) is 15.3. The van der Waals surface area contributed by atoms with Crippen molar-refractivity contribution in [1.82, 2.24) is 4.72 Å². The van der Waals surface area contributed by atoms with Crippen molar-refractivity contribution in [2.24, 2.45) is 5.73 Å². The minimum atomic E-state index is -3.54. The molecule has 0 radical (unpaired) electrons. The lowest BCUT2D eigenvalue weighted by atomic mass is 10.1. The smallest absolute Gasteiger partial charge is 0.241 e. The van der Waals surface area contributed by atoms with Crippen LogP contribution in [0.1, 0.15) is 44.2 Å². The monoisotopic (exact) mass is 314 g/mol. The molecule has 4 nitrogen and oxygen atoms in total. The van der Waals surface area contributed by atoms with E-state index in [1.807, 2.05) is 6.92 Å². The predicted molar refractivity (Wildman–Crippen MR) is 86.4 cm³/mol. The maximum Gasteiger partial charge on any atom is 0.241 e. The van der Waals surface area contributed by atoms with Crippen LogP contribution in [0.15, 0.2) is 23.1 Å². The molecule has 0 saturated carbocycles. The molecule has 6 heteroatoms. The number of aryl methyl sites for hydroxylation is 1. The lowest BCUT2D eigenvalue weighted by molar-refractivity contribution is 0.534. The second-order valence-corrected chi connectivity index (χ2v) is 7.13. The summed E-state index contributed by atoms with van der Waals surface area (Å²) in [7, 11) is -3.54. The fourth-order valence-corrected chi connectivity index (χ4v) is 3.62. The van der Waals surface area contributed by atoms with Crippen LogP contribution in [-0.4, -0.2) is 19.4 Å². The minimum Gasteiger partial charge on any atom is -0.389 e. The summed E-state index contributed by atoms with van der Waals surface area (Å²) in [5, 5.41) is 0. The molecule has 1 unspecified atom stereocenters. The predicted octanol–water partition coefficient (Wildman–Crippen LogP) is 2.49. The van der Waals surface area contributed by atoms with Gasteiger partial charge in [-0.25, -0.2) is 13.1 Å². The van der Waals surface area contributed by atoms with Gasteiger partial charge in [-0.3, -0.25) is 0 Å². The van der Waals surface area contributed by atoms with E-state index in [4.69, 9.17) is 18.0 Å². The zero-order valence-electron chi connectivity index (χ0n) is 12.1. The number of unbranched alkanes of at least 4 members (excludes halogenated alkanes) is 1. The largest absolute Gasteiger partial charge is 0.389 e. The van der Waals surface area contributed by atoms with Gasteiger partial charge in [-0.05, 0) is 31.9 Å². The van der Waals surface area contributed by atoms with E-state index in [1.54, 1.807) is 19.1 Å². The van der Waals surface area contributed by atoms with Crippen LogP contribution >= 0.6 is 12.2 Å². The van der Waals surface area contributed by atoms with Crippen molar-refractivity contribution >= 4 is 27.2 Å². The van der Waals surface area contributed by atoms with Gasteiger partial charge >= 0.3 is 0 Å². The zero-order valence-corrected chi connectivity index (χ0v) is 13.8. The summed E-state index contributed by atoms with van der Waals surface area (Å²) >= 11 is 4.90. The van der Waals surface area contributed by atoms with Crippen molar-refractivity contribution in [2.45, 2.75) is 51.0 Å². The highest BCUT2D eigenvalue weighted by Gasteiger charge is 2.20. The van der Waals surface area contributed by atoms with Gasteiger partial charge in [0.25, 0.3) is 0 Å². The first-order valence-corrected chi connectivity index (χ1v) is 8.60. The van der Waals surface area contributed by atoms with Gasteiger partial charge in [0.2, 0.25) is 10.0 Å². The summed E-state index contributed by atoms with van der Waals surface area (Å²) in [5.74, 6) is 0. The Morgan fingerprint density at radius 1 is 1.45 bits per heavy atom. The fourth-order valence-electron chi connectivity index (χ4n) is 1.94. The van der Waals surface area contributed by atoms with E-state index in [1.165, 1.54) is 6.07 Å². The van der Waals surface area contributed by atoms with Crippen LogP contribution in [0, 0.1) is 6.92 Å². The summed E-state index contributed by atoms with van der Waals surface area (Å²) in [6.07, 6.45) is 2.86. The van der Waals surface area contributed by atoms with Crippen LogP contribution in [0.4, 0.5) is 0 Å². The highest BCUT2D eigenvalue weighted by molar-refractivity contribution is 7.89. The molecule has 1 rings (SSSR count). The Hall–Kier alpha value is -0.980. The van der Waals surface area contributed by atoms with Gasteiger partial charge in [-0.15, -0.1) is 0 Å². The Bertz CT molecular complexity index is 583. The standard InChI is InChI=1S/C14H22N2O2S2/c1-4-5-6-11(3)16-20(17,18)13-9-12(14(15)19)8-7-10(13)2/h7-9,11,16H,4-6H2,1-3H3,(H2,15,19). The quantitative estimate of drug-likeness (QED) is 0.759. The normalized spacial score (nSPS) is 13.2. The third-order valence-electron chi connectivity index (χ3n) is 3.11. The van der Waals surface area contributed by atoms with E-state index in [2.05, 4.69) is 11.6 Å². The van der Waals surface area contributed by atoms with Gasteiger partial charge in [0.15, 0.2) is 0 Å². The molecule has 112 valence electrons. The Morgan fingerprint density at radius 2 is 2.10 bits per heavy atom. The Kier molecular flexibility index (Phi) is 6.10. The molecular weight excluding hydrogens is 292 g/mol. The van der Waals surface area contributed by atoms with Crippen LogP contribution in [0.3, 0.4) is 0 Å². The molecule has 0 aliphatic heterocycles. The molecule has 20 heavy (non-hydrogen) atoms. The van der Waals surface area contributed by atoms with Crippen molar-refractivity contribution < 1.29 is 8.42 Å². The van der Waals surface area contributed by atoms with Crippen LogP contribution in [-0.2, 0) is 10.0 Å². The van der Waals surface area contributed by atoms with Crippen LogP contribution < -0.4 is 10.5 Å². The van der Waals surface area contributed by atoms with Crippen LogP contribution in [0.25, 0.3) is 0 Å². The van der Waals surface area contributed by atoms with Crippen molar-refractivity contribution in [2.75, 3.05) is 0 Å². The van der Waals surface area contributed by atoms with E-state index < -0.39 is 10.0 Å². The highest BCUT2D eigenvalue weighted by Crippen LogP contribution is 2.18. The first kappa shape index (κ1) is 17.1. The van der Waals surface area contributed by atoms with Gasteiger partial charge in [0.05, 0.1) is 4.90 Å². The molecule has 0 spiro atoms. The van der Waals surface area contributed by atoms with Crippen molar-refractivity contribution in [3.63, 3.8) is 0 Å². The van der Waals surface area contributed by atoms with Crippen LogP contribution in [0.2, 0.25) is 0 Å². The van der Waals surface area contributed by atoms with Gasteiger partial charge in [-0.2, -0.15) is 0 Å². The second-order valence-electron chi connectivity index (χ2n) is 5.01. The third-order valence-corrected chi connectivity index (χ3v) is 5.08. The lowest BCUT2D eigenvalue weighted by Gasteiger charge is -2.15.